The minimum Gasteiger partial charge on any atom is -0.505 e. The fourth-order valence-corrected chi connectivity index (χ4v) is 2.30. The summed E-state index contributed by atoms with van der Waals surface area (Å²) in [7, 11) is 0. The van der Waals surface area contributed by atoms with E-state index < -0.39 is 11.8 Å². The first kappa shape index (κ1) is 12.1. The van der Waals surface area contributed by atoms with Crippen LogP contribution in [0.15, 0.2) is 11.0 Å². The Morgan fingerprint density at radius 3 is 2.82 bits per heavy atom. The number of rotatable bonds is 2. The van der Waals surface area contributed by atoms with Gasteiger partial charge in [0.1, 0.15) is 0 Å². The summed E-state index contributed by atoms with van der Waals surface area (Å²) >= 11 is 0. The van der Waals surface area contributed by atoms with E-state index in [1.807, 2.05) is 0 Å². The molecule has 6 nitrogen and oxygen atoms in total. The maximum absolute atomic E-state index is 11.7. The van der Waals surface area contributed by atoms with E-state index in [9.17, 15) is 15.0 Å². The van der Waals surface area contributed by atoms with Crippen LogP contribution >= 0.6 is 0 Å². The molecule has 0 amide bonds. The summed E-state index contributed by atoms with van der Waals surface area (Å²) in [4.78, 5) is 15.4. The van der Waals surface area contributed by atoms with Gasteiger partial charge in [-0.05, 0) is 19.8 Å². The fraction of sp³-hybridized carbons (Fsp3) is 0.636. The van der Waals surface area contributed by atoms with Gasteiger partial charge in [0.15, 0.2) is 5.75 Å². The molecule has 0 unspecified atom stereocenters. The van der Waals surface area contributed by atoms with Crippen LogP contribution < -0.4 is 5.69 Å². The maximum atomic E-state index is 11.7. The summed E-state index contributed by atoms with van der Waals surface area (Å²) in [5.74, 6) is -0.248. The predicted molar refractivity (Wildman–Crippen MR) is 59.8 cm³/mol. The van der Waals surface area contributed by atoms with Crippen molar-refractivity contribution in [3.63, 3.8) is 0 Å². The third-order valence-electron chi connectivity index (χ3n) is 3.38. The lowest BCUT2D eigenvalue weighted by Gasteiger charge is -2.13. The average molecular weight is 240 g/mol. The molecule has 94 valence electrons. The highest BCUT2D eigenvalue weighted by Crippen LogP contribution is 2.34. The van der Waals surface area contributed by atoms with Crippen molar-refractivity contribution >= 4 is 0 Å². The van der Waals surface area contributed by atoms with Crippen molar-refractivity contribution in [2.24, 2.45) is 5.92 Å². The molecule has 3 N–H and O–H groups in total. The molecular formula is C11H16N2O4. The van der Waals surface area contributed by atoms with E-state index in [1.165, 1.54) is 10.8 Å². The Morgan fingerprint density at radius 2 is 2.24 bits per heavy atom. The summed E-state index contributed by atoms with van der Waals surface area (Å²) in [6.07, 6.45) is 1.65. The van der Waals surface area contributed by atoms with Gasteiger partial charge in [0.2, 0.25) is 0 Å². The summed E-state index contributed by atoms with van der Waals surface area (Å²) in [6.45, 7) is 1.46. The number of aliphatic hydroxyl groups is 2. The molecule has 2 rings (SSSR count). The monoisotopic (exact) mass is 240 g/mol. The Kier molecular flexibility index (Phi) is 3.17. The van der Waals surface area contributed by atoms with Crippen LogP contribution in [0.1, 0.15) is 24.6 Å². The van der Waals surface area contributed by atoms with E-state index in [0.29, 0.717) is 18.5 Å². The van der Waals surface area contributed by atoms with E-state index in [0.717, 1.165) is 0 Å². The largest absolute Gasteiger partial charge is 0.505 e. The summed E-state index contributed by atoms with van der Waals surface area (Å²) in [5, 5.41) is 28.3. The molecule has 1 aliphatic carbocycles. The van der Waals surface area contributed by atoms with Crippen LogP contribution in [0.3, 0.4) is 0 Å². The first-order chi connectivity index (χ1) is 8.02. The Bertz CT molecular complexity index is 471. The third kappa shape index (κ3) is 2.18. The molecule has 0 saturated heterocycles. The van der Waals surface area contributed by atoms with Crippen LogP contribution in [-0.4, -0.2) is 37.6 Å². The minimum absolute atomic E-state index is 0.0356. The van der Waals surface area contributed by atoms with Gasteiger partial charge in [-0.2, -0.15) is 4.98 Å². The summed E-state index contributed by atoms with van der Waals surface area (Å²) in [6, 6.07) is -0.214. The van der Waals surface area contributed by atoms with Gasteiger partial charge in [-0.1, -0.05) is 0 Å². The Balaban J connectivity index is 2.30. The molecule has 17 heavy (non-hydrogen) atoms. The van der Waals surface area contributed by atoms with Gasteiger partial charge >= 0.3 is 5.69 Å². The molecule has 1 fully saturated rings. The lowest BCUT2D eigenvalue weighted by molar-refractivity contribution is 0.0906. The minimum atomic E-state index is -0.611. The molecule has 1 heterocycles. The number of aliphatic hydroxyl groups excluding tert-OH is 2. The lowest BCUT2D eigenvalue weighted by Crippen LogP contribution is -2.26. The standard InChI is InChI=1S/C11H16N2O4/c1-6-10(16)4-13(11(17)12-6)8-2-7(5-14)9(15)3-8/h4,7-9,14-16H,2-3,5H2,1H3/t7-,8-,9+/m1/s1. The van der Waals surface area contributed by atoms with Crippen LogP contribution in [0.5, 0.6) is 5.75 Å². The quantitative estimate of drug-likeness (QED) is 0.651. The van der Waals surface area contributed by atoms with Gasteiger partial charge in [-0.25, -0.2) is 4.79 Å². The number of aromatic nitrogens is 2. The smallest absolute Gasteiger partial charge is 0.348 e. The Morgan fingerprint density at radius 1 is 1.53 bits per heavy atom. The lowest BCUT2D eigenvalue weighted by atomic mass is 10.1. The van der Waals surface area contributed by atoms with Gasteiger partial charge in [0.25, 0.3) is 0 Å². The van der Waals surface area contributed by atoms with E-state index in [2.05, 4.69) is 4.98 Å². The van der Waals surface area contributed by atoms with Gasteiger partial charge in [-0.15, -0.1) is 0 Å². The fourth-order valence-electron chi connectivity index (χ4n) is 2.30. The van der Waals surface area contributed by atoms with Crippen molar-refractivity contribution in [1.82, 2.24) is 9.55 Å². The molecular weight excluding hydrogens is 224 g/mol. The highest BCUT2D eigenvalue weighted by molar-refractivity contribution is 5.20. The number of hydrogen-bond donors (Lipinski definition) is 3. The van der Waals surface area contributed by atoms with Crippen molar-refractivity contribution in [2.75, 3.05) is 6.61 Å². The second-order valence-electron chi connectivity index (χ2n) is 4.54. The maximum Gasteiger partial charge on any atom is 0.348 e. The van der Waals surface area contributed by atoms with E-state index in [-0.39, 0.29) is 24.3 Å². The predicted octanol–water partition coefficient (Wildman–Crippen LogP) is -0.438. The molecule has 6 heteroatoms. The highest BCUT2D eigenvalue weighted by atomic mass is 16.3. The van der Waals surface area contributed by atoms with E-state index in [4.69, 9.17) is 5.11 Å². The van der Waals surface area contributed by atoms with Crippen LogP contribution in [0.2, 0.25) is 0 Å². The second kappa shape index (κ2) is 4.46. The van der Waals surface area contributed by atoms with Gasteiger partial charge in [0.05, 0.1) is 18.0 Å². The molecule has 0 spiro atoms. The molecule has 0 radical (unpaired) electrons. The molecule has 3 atom stereocenters. The van der Waals surface area contributed by atoms with Crippen LogP contribution in [-0.2, 0) is 0 Å². The zero-order chi connectivity index (χ0) is 12.6. The number of aryl methyl sites for hydroxylation is 1. The molecule has 1 aromatic rings. The third-order valence-corrected chi connectivity index (χ3v) is 3.38. The molecule has 1 aliphatic rings. The highest BCUT2D eigenvalue weighted by Gasteiger charge is 2.34. The van der Waals surface area contributed by atoms with Crippen molar-refractivity contribution in [1.29, 1.82) is 0 Å². The summed E-state index contributed by atoms with van der Waals surface area (Å²) in [5.41, 5.74) is -0.139. The normalized spacial score (nSPS) is 28.5. The van der Waals surface area contributed by atoms with Gasteiger partial charge < -0.3 is 15.3 Å². The van der Waals surface area contributed by atoms with Gasteiger partial charge in [-0.3, -0.25) is 4.57 Å². The Labute approximate surface area is 98.2 Å². The molecule has 0 bridgehead atoms. The zero-order valence-electron chi connectivity index (χ0n) is 9.58. The average Bonchev–Trinajstić information content (AvgIpc) is 2.65. The van der Waals surface area contributed by atoms with Crippen molar-refractivity contribution in [3.8, 4) is 5.75 Å². The first-order valence-electron chi connectivity index (χ1n) is 5.60. The van der Waals surface area contributed by atoms with E-state index in [1.54, 1.807) is 6.92 Å². The SMILES string of the molecule is Cc1nc(=O)n([C@@H]2C[C@H](CO)[C@@H](O)C2)cc1O. The van der Waals surface area contributed by atoms with Gasteiger partial charge in [0, 0.05) is 18.6 Å². The Hall–Kier alpha value is -1.40. The van der Waals surface area contributed by atoms with E-state index >= 15 is 0 Å². The van der Waals surface area contributed by atoms with Crippen molar-refractivity contribution in [2.45, 2.75) is 31.9 Å². The molecule has 1 aromatic heterocycles. The number of aromatic hydroxyl groups is 1. The number of hydrogen-bond acceptors (Lipinski definition) is 5. The summed E-state index contributed by atoms with van der Waals surface area (Å²) < 4.78 is 1.33. The topological polar surface area (TPSA) is 95.6 Å². The van der Waals surface area contributed by atoms with Crippen LogP contribution in [0, 0.1) is 12.8 Å². The van der Waals surface area contributed by atoms with Crippen molar-refractivity contribution < 1.29 is 15.3 Å². The van der Waals surface area contributed by atoms with Crippen LogP contribution in [0.4, 0.5) is 0 Å². The van der Waals surface area contributed by atoms with Crippen molar-refractivity contribution in [3.05, 3.63) is 22.4 Å². The zero-order valence-corrected chi connectivity index (χ0v) is 9.58. The number of nitrogens with zero attached hydrogens (tertiary/aromatic N) is 2. The molecule has 0 aromatic carbocycles. The molecule has 1 saturated carbocycles. The van der Waals surface area contributed by atoms with Crippen LogP contribution in [0.25, 0.3) is 0 Å². The first-order valence-corrected chi connectivity index (χ1v) is 5.60. The molecule has 0 aliphatic heterocycles. The second-order valence-corrected chi connectivity index (χ2v) is 4.54.